The zero-order valence-corrected chi connectivity index (χ0v) is 12.0. The Bertz CT molecular complexity index is 419. The minimum Gasteiger partial charge on any atom is -0.376 e. The first kappa shape index (κ1) is 14.2. The topological polar surface area (TPSA) is 41.6 Å². The molecular formula is C14H20N2O2S. The molecule has 1 aromatic heterocycles. The fourth-order valence-corrected chi connectivity index (χ4v) is 3.15. The summed E-state index contributed by atoms with van der Waals surface area (Å²) >= 11 is 1.73. The third-order valence-corrected chi connectivity index (χ3v) is 4.21. The van der Waals surface area contributed by atoms with Crippen LogP contribution in [0.25, 0.3) is 0 Å². The number of amides is 1. The summed E-state index contributed by atoms with van der Waals surface area (Å²) in [5.74, 6) is -0.122. The van der Waals surface area contributed by atoms with E-state index in [1.165, 1.54) is 11.0 Å². The normalized spacial score (nSPS) is 21.8. The third kappa shape index (κ3) is 3.89. The SMILES string of the molecule is C=CC(=O)NCC(c1cccs1)N1CCOC(C)C1. The molecule has 0 spiro atoms. The Morgan fingerprint density at radius 1 is 1.79 bits per heavy atom. The van der Waals surface area contributed by atoms with Crippen LogP contribution in [-0.2, 0) is 9.53 Å². The molecule has 1 aromatic rings. The zero-order chi connectivity index (χ0) is 13.7. The van der Waals surface area contributed by atoms with Gasteiger partial charge in [-0.05, 0) is 24.4 Å². The van der Waals surface area contributed by atoms with Crippen molar-refractivity contribution in [2.24, 2.45) is 0 Å². The van der Waals surface area contributed by atoms with E-state index >= 15 is 0 Å². The van der Waals surface area contributed by atoms with Crippen LogP contribution in [0.1, 0.15) is 17.8 Å². The van der Waals surface area contributed by atoms with Gasteiger partial charge in [-0.15, -0.1) is 11.3 Å². The van der Waals surface area contributed by atoms with Crippen molar-refractivity contribution in [2.45, 2.75) is 19.1 Å². The Morgan fingerprint density at radius 3 is 3.26 bits per heavy atom. The lowest BCUT2D eigenvalue weighted by Gasteiger charge is -2.36. The van der Waals surface area contributed by atoms with E-state index < -0.39 is 0 Å². The van der Waals surface area contributed by atoms with Gasteiger partial charge in [-0.25, -0.2) is 0 Å². The summed E-state index contributed by atoms with van der Waals surface area (Å²) in [4.78, 5) is 15.0. The molecular weight excluding hydrogens is 260 g/mol. The van der Waals surface area contributed by atoms with Crippen LogP contribution in [0.3, 0.4) is 0 Å². The summed E-state index contributed by atoms with van der Waals surface area (Å²) < 4.78 is 5.58. The van der Waals surface area contributed by atoms with Crippen LogP contribution in [0.15, 0.2) is 30.2 Å². The second-order valence-corrected chi connectivity index (χ2v) is 5.64. The maximum absolute atomic E-state index is 11.4. The summed E-state index contributed by atoms with van der Waals surface area (Å²) in [6, 6.07) is 4.39. The predicted octanol–water partition coefficient (Wildman–Crippen LogP) is 1.81. The fraction of sp³-hybridized carbons (Fsp3) is 0.500. The lowest BCUT2D eigenvalue weighted by Crippen LogP contribution is -2.46. The molecule has 0 radical (unpaired) electrons. The number of carbonyl (C=O) groups is 1. The predicted molar refractivity (Wildman–Crippen MR) is 77.3 cm³/mol. The van der Waals surface area contributed by atoms with Gasteiger partial charge in [-0.3, -0.25) is 9.69 Å². The van der Waals surface area contributed by atoms with Crippen LogP contribution < -0.4 is 5.32 Å². The van der Waals surface area contributed by atoms with E-state index in [2.05, 4.69) is 35.2 Å². The highest BCUT2D eigenvalue weighted by molar-refractivity contribution is 7.10. The standard InChI is InChI=1S/C14H20N2O2S/c1-3-14(17)15-9-12(13-5-4-8-19-13)16-6-7-18-11(2)10-16/h3-5,8,11-12H,1,6-7,9-10H2,2H3,(H,15,17). The molecule has 1 N–H and O–H groups in total. The Balaban J connectivity index is 2.05. The summed E-state index contributed by atoms with van der Waals surface area (Å²) in [7, 11) is 0. The molecule has 0 aliphatic carbocycles. The molecule has 2 atom stereocenters. The number of rotatable bonds is 5. The number of ether oxygens (including phenoxy) is 1. The highest BCUT2D eigenvalue weighted by atomic mass is 32.1. The average molecular weight is 280 g/mol. The number of hydrogen-bond donors (Lipinski definition) is 1. The first-order valence-electron chi connectivity index (χ1n) is 6.50. The Labute approximate surface area is 118 Å². The molecule has 2 heterocycles. The summed E-state index contributed by atoms with van der Waals surface area (Å²) in [5.41, 5.74) is 0. The van der Waals surface area contributed by atoms with Gasteiger partial charge in [0.1, 0.15) is 0 Å². The van der Waals surface area contributed by atoms with Gasteiger partial charge in [0.15, 0.2) is 0 Å². The molecule has 2 unspecified atom stereocenters. The zero-order valence-electron chi connectivity index (χ0n) is 11.2. The van der Waals surface area contributed by atoms with Gasteiger partial charge in [0.2, 0.25) is 5.91 Å². The van der Waals surface area contributed by atoms with Gasteiger partial charge in [0, 0.05) is 24.5 Å². The van der Waals surface area contributed by atoms with Crippen LogP contribution >= 0.6 is 11.3 Å². The van der Waals surface area contributed by atoms with Gasteiger partial charge in [-0.2, -0.15) is 0 Å². The van der Waals surface area contributed by atoms with Crippen molar-refractivity contribution in [3.8, 4) is 0 Å². The Morgan fingerprint density at radius 2 is 2.63 bits per heavy atom. The van der Waals surface area contributed by atoms with Crippen molar-refractivity contribution in [3.05, 3.63) is 35.0 Å². The van der Waals surface area contributed by atoms with Crippen molar-refractivity contribution >= 4 is 17.2 Å². The summed E-state index contributed by atoms with van der Waals surface area (Å²) in [6.07, 6.45) is 1.55. The fourth-order valence-electron chi connectivity index (χ4n) is 2.29. The van der Waals surface area contributed by atoms with Crippen molar-refractivity contribution in [3.63, 3.8) is 0 Å². The van der Waals surface area contributed by atoms with Crippen LogP contribution in [0.5, 0.6) is 0 Å². The minimum atomic E-state index is -0.122. The lowest BCUT2D eigenvalue weighted by molar-refractivity contribution is -0.116. The Kier molecular flexibility index (Phi) is 5.13. The van der Waals surface area contributed by atoms with Crippen LogP contribution in [0.4, 0.5) is 0 Å². The molecule has 1 fully saturated rings. The van der Waals surface area contributed by atoms with Crippen molar-refractivity contribution < 1.29 is 9.53 Å². The highest BCUT2D eigenvalue weighted by Crippen LogP contribution is 2.26. The van der Waals surface area contributed by atoms with E-state index in [0.717, 1.165) is 19.7 Å². The van der Waals surface area contributed by atoms with Gasteiger partial charge in [-0.1, -0.05) is 12.6 Å². The molecule has 1 aliphatic heterocycles. The molecule has 1 saturated heterocycles. The second-order valence-electron chi connectivity index (χ2n) is 4.66. The van der Waals surface area contributed by atoms with Gasteiger partial charge < -0.3 is 10.1 Å². The molecule has 5 heteroatoms. The summed E-state index contributed by atoms with van der Waals surface area (Å²) in [6.45, 7) is 8.72. The number of thiophene rings is 1. The summed E-state index contributed by atoms with van der Waals surface area (Å²) in [5, 5.41) is 4.97. The number of carbonyl (C=O) groups excluding carboxylic acids is 1. The maximum atomic E-state index is 11.4. The first-order chi connectivity index (χ1) is 9.20. The third-order valence-electron chi connectivity index (χ3n) is 3.24. The van der Waals surface area contributed by atoms with Gasteiger partial charge in [0.05, 0.1) is 18.8 Å². The number of nitrogens with one attached hydrogen (secondary N) is 1. The van der Waals surface area contributed by atoms with Gasteiger partial charge >= 0.3 is 0 Å². The number of hydrogen-bond acceptors (Lipinski definition) is 4. The van der Waals surface area contributed by atoms with Gasteiger partial charge in [0.25, 0.3) is 0 Å². The number of morpholine rings is 1. The monoisotopic (exact) mass is 280 g/mol. The van der Waals surface area contributed by atoms with Crippen LogP contribution in [0, 0.1) is 0 Å². The molecule has 4 nitrogen and oxygen atoms in total. The molecule has 19 heavy (non-hydrogen) atoms. The van der Waals surface area contributed by atoms with E-state index in [4.69, 9.17) is 4.74 Å². The number of nitrogens with zero attached hydrogens (tertiary/aromatic N) is 1. The lowest BCUT2D eigenvalue weighted by atomic mass is 10.1. The molecule has 2 rings (SSSR count). The van der Waals surface area contributed by atoms with Crippen molar-refractivity contribution in [1.29, 1.82) is 0 Å². The largest absolute Gasteiger partial charge is 0.376 e. The van der Waals surface area contributed by atoms with E-state index in [9.17, 15) is 4.79 Å². The van der Waals surface area contributed by atoms with Crippen LogP contribution in [-0.4, -0.2) is 43.2 Å². The maximum Gasteiger partial charge on any atom is 0.243 e. The highest BCUT2D eigenvalue weighted by Gasteiger charge is 2.26. The molecule has 0 saturated carbocycles. The van der Waals surface area contributed by atoms with E-state index in [-0.39, 0.29) is 18.1 Å². The quantitative estimate of drug-likeness (QED) is 0.836. The molecule has 0 aromatic carbocycles. The molecule has 104 valence electrons. The van der Waals surface area contributed by atoms with E-state index in [1.54, 1.807) is 11.3 Å². The second kappa shape index (κ2) is 6.84. The van der Waals surface area contributed by atoms with Crippen molar-refractivity contribution in [1.82, 2.24) is 10.2 Å². The molecule has 1 amide bonds. The van der Waals surface area contributed by atoms with Crippen LogP contribution in [0.2, 0.25) is 0 Å². The minimum absolute atomic E-state index is 0.122. The smallest absolute Gasteiger partial charge is 0.243 e. The van der Waals surface area contributed by atoms with E-state index in [1.807, 2.05) is 6.07 Å². The van der Waals surface area contributed by atoms with E-state index in [0.29, 0.717) is 6.54 Å². The first-order valence-corrected chi connectivity index (χ1v) is 7.38. The van der Waals surface area contributed by atoms with Crippen molar-refractivity contribution in [2.75, 3.05) is 26.2 Å². The molecule has 1 aliphatic rings. The Hall–Kier alpha value is -1.17. The average Bonchev–Trinajstić information content (AvgIpc) is 2.93. The molecule has 0 bridgehead atoms.